The molecule has 1 atom stereocenters. The molecule has 0 fully saturated rings. The average molecular weight is 385 g/mol. The van der Waals surface area contributed by atoms with Crippen LogP contribution in [-0.4, -0.2) is 36.3 Å². The molecule has 3 nitrogen and oxygen atoms in total. The van der Waals surface area contributed by atoms with Crippen LogP contribution in [0.1, 0.15) is 125 Å². The van der Waals surface area contributed by atoms with E-state index in [-0.39, 0.29) is 12.2 Å². The highest BCUT2D eigenvalue weighted by Crippen LogP contribution is 2.16. The van der Waals surface area contributed by atoms with Crippen LogP contribution in [0.3, 0.4) is 0 Å². The quantitative estimate of drug-likeness (QED) is 0.102. The highest BCUT2D eigenvalue weighted by Gasteiger charge is 2.31. The zero-order chi connectivity index (χ0) is 20.4. The number of quaternary nitrogens is 1. The second-order valence-corrected chi connectivity index (χ2v) is 8.25. The minimum Gasteiger partial charge on any atom is -0.413 e. The molecule has 162 valence electrons. The molecule has 0 amide bonds. The predicted molar refractivity (Wildman–Crippen MR) is 118 cm³/mol. The third-order valence-corrected chi connectivity index (χ3v) is 6.45. The first kappa shape index (κ1) is 26.4. The Balaban J connectivity index is 3.56. The van der Waals surface area contributed by atoms with E-state index < -0.39 is 0 Å². The lowest BCUT2D eigenvalue weighted by atomic mass is 10.0. The van der Waals surface area contributed by atoms with Crippen LogP contribution in [-0.2, 0) is 9.53 Å². The van der Waals surface area contributed by atoms with Crippen LogP contribution in [0.25, 0.3) is 0 Å². The Morgan fingerprint density at radius 3 is 1.41 bits per heavy atom. The molecule has 0 aromatic carbocycles. The lowest BCUT2D eigenvalue weighted by molar-refractivity contribution is -0.963. The maximum absolute atomic E-state index is 12.1. The number of nitrogens with zero attached hydrogens (tertiary/aromatic N) is 1. The highest BCUT2D eigenvalue weighted by molar-refractivity contribution is 5.69. The smallest absolute Gasteiger partial charge is 0.310 e. The number of ether oxygens (including phenoxy) is 1. The molecule has 0 aliphatic carbocycles. The molecule has 0 bridgehead atoms. The largest absolute Gasteiger partial charge is 0.413 e. The van der Waals surface area contributed by atoms with E-state index in [2.05, 4.69) is 34.6 Å². The van der Waals surface area contributed by atoms with Gasteiger partial charge in [-0.15, -0.1) is 0 Å². The minimum absolute atomic E-state index is 0.0107. The molecule has 0 aromatic rings. The summed E-state index contributed by atoms with van der Waals surface area (Å²) in [6.45, 7) is 13.9. The summed E-state index contributed by atoms with van der Waals surface area (Å²) >= 11 is 0. The summed E-state index contributed by atoms with van der Waals surface area (Å²) in [4.78, 5) is 12.1. The number of unbranched alkanes of at least 4 members (excludes halogenated alkanes) is 12. The van der Waals surface area contributed by atoms with Gasteiger partial charge < -0.3 is 4.74 Å². The van der Waals surface area contributed by atoms with Crippen LogP contribution in [0.4, 0.5) is 0 Å². The van der Waals surface area contributed by atoms with Crippen molar-refractivity contribution in [1.82, 2.24) is 0 Å². The first-order valence-corrected chi connectivity index (χ1v) is 12.1. The van der Waals surface area contributed by atoms with E-state index in [4.69, 9.17) is 4.74 Å². The first-order chi connectivity index (χ1) is 13.1. The van der Waals surface area contributed by atoms with Crippen molar-refractivity contribution >= 4 is 5.97 Å². The van der Waals surface area contributed by atoms with Gasteiger partial charge in [0.05, 0.1) is 19.6 Å². The third kappa shape index (κ3) is 12.5. The molecule has 3 heteroatoms. The predicted octanol–water partition coefficient (Wildman–Crippen LogP) is 7.23. The summed E-state index contributed by atoms with van der Waals surface area (Å²) in [5.74, 6) is -0.0107. The van der Waals surface area contributed by atoms with Crippen molar-refractivity contribution in [2.24, 2.45) is 0 Å². The summed E-state index contributed by atoms with van der Waals surface area (Å²) in [6, 6.07) is 0. The normalized spacial score (nSPS) is 12.9. The molecule has 0 rings (SSSR count). The topological polar surface area (TPSA) is 26.3 Å². The summed E-state index contributed by atoms with van der Waals surface area (Å²) in [7, 11) is 0. The average Bonchev–Trinajstić information content (AvgIpc) is 2.67. The van der Waals surface area contributed by atoms with Crippen LogP contribution in [0.5, 0.6) is 0 Å². The standard InChI is InChI=1S/C24H50NO2/c1-6-10-11-12-13-14-15-16-17-18-19-20-21-22-24(26)27-23(5)25(7-2,8-3)9-4/h23H,6-22H2,1-5H3/q+1. The van der Waals surface area contributed by atoms with Gasteiger partial charge in [0.15, 0.2) is 0 Å². The fourth-order valence-electron chi connectivity index (χ4n) is 4.09. The van der Waals surface area contributed by atoms with Crippen LogP contribution in [0.2, 0.25) is 0 Å². The second-order valence-electron chi connectivity index (χ2n) is 8.25. The molecule has 0 aromatic heterocycles. The summed E-state index contributed by atoms with van der Waals surface area (Å²) in [5, 5.41) is 0. The molecular weight excluding hydrogens is 334 g/mol. The van der Waals surface area contributed by atoms with Gasteiger partial charge in [0.25, 0.3) is 0 Å². The van der Waals surface area contributed by atoms with Gasteiger partial charge in [-0.25, -0.2) is 0 Å². The van der Waals surface area contributed by atoms with Gasteiger partial charge in [0, 0.05) is 13.3 Å². The third-order valence-electron chi connectivity index (χ3n) is 6.45. The van der Waals surface area contributed by atoms with E-state index in [1.165, 1.54) is 70.6 Å². The van der Waals surface area contributed by atoms with E-state index in [0.717, 1.165) is 37.0 Å². The summed E-state index contributed by atoms with van der Waals surface area (Å²) < 4.78 is 6.59. The Morgan fingerprint density at radius 1 is 0.667 bits per heavy atom. The first-order valence-electron chi connectivity index (χ1n) is 12.1. The van der Waals surface area contributed by atoms with Crippen molar-refractivity contribution in [3.8, 4) is 0 Å². The lowest BCUT2D eigenvalue weighted by Gasteiger charge is -2.40. The Hall–Kier alpha value is -0.570. The van der Waals surface area contributed by atoms with Crippen LogP contribution < -0.4 is 0 Å². The van der Waals surface area contributed by atoms with Gasteiger partial charge >= 0.3 is 5.97 Å². The fraction of sp³-hybridized carbons (Fsp3) is 0.958. The van der Waals surface area contributed by atoms with Crippen molar-refractivity contribution < 1.29 is 14.0 Å². The fourth-order valence-corrected chi connectivity index (χ4v) is 4.09. The minimum atomic E-state index is -0.0283. The van der Waals surface area contributed by atoms with Gasteiger partial charge in [-0.2, -0.15) is 0 Å². The molecule has 1 unspecified atom stereocenters. The van der Waals surface area contributed by atoms with E-state index in [1.807, 2.05) is 0 Å². The van der Waals surface area contributed by atoms with E-state index in [9.17, 15) is 4.79 Å². The molecule has 0 spiro atoms. The van der Waals surface area contributed by atoms with Crippen molar-refractivity contribution in [3.05, 3.63) is 0 Å². The molecule has 0 saturated carbocycles. The molecule has 27 heavy (non-hydrogen) atoms. The Labute approximate surface area is 170 Å². The number of hydrogen-bond acceptors (Lipinski definition) is 2. The van der Waals surface area contributed by atoms with Crippen molar-refractivity contribution in [2.75, 3.05) is 19.6 Å². The van der Waals surface area contributed by atoms with E-state index in [0.29, 0.717) is 6.42 Å². The SMILES string of the molecule is CCCCCCCCCCCCCCCC(=O)OC(C)[N+](CC)(CC)CC. The molecule has 0 heterocycles. The zero-order valence-electron chi connectivity index (χ0n) is 19.4. The Kier molecular flexibility index (Phi) is 17.2. The molecule has 0 aliphatic rings. The van der Waals surface area contributed by atoms with Gasteiger partial charge in [-0.05, 0) is 27.2 Å². The number of carbonyl (C=O) groups is 1. The van der Waals surface area contributed by atoms with Gasteiger partial charge in [0.2, 0.25) is 6.23 Å². The second kappa shape index (κ2) is 17.5. The Morgan fingerprint density at radius 2 is 1.04 bits per heavy atom. The molecule has 0 radical (unpaired) electrons. The van der Waals surface area contributed by atoms with Crippen LogP contribution >= 0.6 is 0 Å². The summed E-state index contributed by atoms with van der Waals surface area (Å²) in [6.07, 6.45) is 17.9. The molecule has 0 saturated heterocycles. The van der Waals surface area contributed by atoms with Crippen LogP contribution in [0.15, 0.2) is 0 Å². The molecular formula is C24H50NO2+. The number of carbonyl (C=O) groups excluding carboxylic acids is 1. The lowest BCUT2D eigenvalue weighted by Crippen LogP contribution is -2.55. The van der Waals surface area contributed by atoms with Crippen molar-refractivity contribution in [3.63, 3.8) is 0 Å². The maximum atomic E-state index is 12.1. The number of hydrogen-bond donors (Lipinski definition) is 0. The molecule has 0 aliphatic heterocycles. The monoisotopic (exact) mass is 384 g/mol. The Bertz CT molecular complexity index is 331. The highest BCUT2D eigenvalue weighted by atomic mass is 16.6. The summed E-state index contributed by atoms with van der Waals surface area (Å²) in [5.41, 5.74) is 0. The number of esters is 1. The van der Waals surface area contributed by atoms with Gasteiger partial charge in [0.1, 0.15) is 0 Å². The number of rotatable bonds is 19. The van der Waals surface area contributed by atoms with Crippen LogP contribution in [0, 0.1) is 0 Å². The van der Waals surface area contributed by atoms with Gasteiger partial charge in [-0.1, -0.05) is 84.0 Å². The maximum Gasteiger partial charge on any atom is 0.310 e. The molecule has 0 N–H and O–H groups in total. The zero-order valence-corrected chi connectivity index (χ0v) is 19.4. The van der Waals surface area contributed by atoms with E-state index >= 15 is 0 Å². The van der Waals surface area contributed by atoms with Crippen molar-refractivity contribution in [1.29, 1.82) is 0 Å². The van der Waals surface area contributed by atoms with Gasteiger partial charge in [-0.3, -0.25) is 9.28 Å². The van der Waals surface area contributed by atoms with E-state index in [1.54, 1.807) is 0 Å². The van der Waals surface area contributed by atoms with Crippen molar-refractivity contribution in [2.45, 2.75) is 131 Å².